The Bertz CT molecular complexity index is 484. The van der Waals surface area contributed by atoms with Gasteiger partial charge in [-0.1, -0.05) is 11.6 Å². The number of methoxy groups -OCH3 is 1. The van der Waals surface area contributed by atoms with Gasteiger partial charge in [-0.2, -0.15) is 0 Å². The van der Waals surface area contributed by atoms with Crippen molar-refractivity contribution in [2.45, 2.75) is 37.1 Å². The van der Waals surface area contributed by atoms with Gasteiger partial charge in [-0.05, 0) is 0 Å². The number of halogens is 1. The van der Waals surface area contributed by atoms with Crippen LogP contribution >= 0.6 is 11.6 Å². The van der Waals surface area contributed by atoms with Crippen molar-refractivity contribution in [3.05, 3.63) is 23.0 Å². The lowest BCUT2D eigenvalue weighted by Gasteiger charge is -2.32. The molecule has 1 saturated carbocycles. The number of aliphatic hydroxyl groups excluding tert-OH is 1. The number of aromatic nitrogens is 1. The summed E-state index contributed by atoms with van der Waals surface area (Å²) < 4.78 is 16.9. The van der Waals surface area contributed by atoms with E-state index in [-0.39, 0.29) is 12.2 Å². The second-order valence-corrected chi connectivity index (χ2v) is 5.76. The van der Waals surface area contributed by atoms with Gasteiger partial charge in [-0.3, -0.25) is 0 Å². The summed E-state index contributed by atoms with van der Waals surface area (Å²) in [5.74, 6) is 0.667. The number of ether oxygens (including phenoxy) is 3. The van der Waals surface area contributed by atoms with E-state index in [4.69, 9.17) is 25.8 Å². The third-order valence-corrected chi connectivity index (χ3v) is 4.18. The Kier molecular flexibility index (Phi) is 3.86. The zero-order chi connectivity index (χ0) is 14.2. The normalized spacial score (nSPS) is 33.0. The lowest BCUT2D eigenvalue weighted by Crippen LogP contribution is -2.37. The smallest absolute Gasteiger partial charge is 0.135 e. The summed E-state index contributed by atoms with van der Waals surface area (Å²) in [5.41, 5.74) is 0.196. The third-order valence-electron chi connectivity index (χ3n) is 3.98. The van der Waals surface area contributed by atoms with Crippen molar-refractivity contribution in [3.63, 3.8) is 0 Å². The lowest BCUT2D eigenvalue weighted by atomic mass is 9.92. The van der Waals surface area contributed by atoms with Crippen LogP contribution in [-0.2, 0) is 15.1 Å². The zero-order valence-electron chi connectivity index (χ0n) is 11.3. The Balaban J connectivity index is 1.82. The van der Waals surface area contributed by atoms with Crippen LogP contribution in [0.2, 0.25) is 5.15 Å². The van der Waals surface area contributed by atoms with Gasteiger partial charge >= 0.3 is 0 Å². The standard InChI is InChI=1S/C14H18ClNO4/c1-18-14(2-3-19-8-14)12-6-11(7-13(15)16-12)20-10-4-9(17)5-10/h6-7,9-10,17H,2-5,8H2,1H3/t9?,10?,14-/m1/s1. The highest BCUT2D eigenvalue weighted by molar-refractivity contribution is 6.29. The predicted molar refractivity (Wildman–Crippen MR) is 73.0 cm³/mol. The van der Waals surface area contributed by atoms with Gasteiger partial charge in [0.15, 0.2) is 0 Å². The van der Waals surface area contributed by atoms with Crippen LogP contribution in [0.4, 0.5) is 0 Å². The van der Waals surface area contributed by atoms with Crippen LogP contribution in [0.25, 0.3) is 0 Å². The maximum atomic E-state index is 9.30. The molecule has 2 aliphatic rings. The molecule has 1 aromatic heterocycles. The number of aliphatic hydroxyl groups is 1. The average molecular weight is 300 g/mol. The van der Waals surface area contributed by atoms with E-state index in [0.717, 1.165) is 12.1 Å². The van der Waals surface area contributed by atoms with E-state index in [0.29, 0.717) is 37.0 Å². The number of hydrogen-bond donors (Lipinski definition) is 1. The van der Waals surface area contributed by atoms with Gasteiger partial charge in [0, 0.05) is 45.1 Å². The molecule has 0 spiro atoms. The van der Waals surface area contributed by atoms with Gasteiger partial charge in [0.2, 0.25) is 0 Å². The Hall–Kier alpha value is -0.880. The molecule has 1 saturated heterocycles. The fraction of sp³-hybridized carbons (Fsp3) is 0.643. The molecule has 0 bridgehead atoms. The van der Waals surface area contributed by atoms with Gasteiger partial charge in [-0.15, -0.1) is 0 Å². The topological polar surface area (TPSA) is 60.8 Å². The van der Waals surface area contributed by atoms with E-state index in [1.807, 2.05) is 6.07 Å². The molecular formula is C14H18ClNO4. The van der Waals surface area contributed by atoms with Gasteiger partial charge in [0.05, 0.1) is 18.4 Å². The van der Waals surface area contributed by atoms with Crippen molar-refractivity contribution >= 4 is 11.6 Å². The number of nitrogens with zero attached hydrogens (tertiary/aromatic N) is 1. The van der Waals surface area contributed by atoms with Crippen LogP contribution in [0.1, 0.15) is 25.0 Å². The van der Waals surface area contributed by atoms with Crippen LogP contribution in [0.15, 0.2) is 12.1 Å². The number of pyridine rings is 1. The minimum Gasteiger partial charge on any atom is -0.490 e. The van der Waals surface area contributed by atoms with Crippen LogP contribution in [0.3, 0.4) is 0 Å². The van der Waals surface area contributed by atoms with Gasteiger partial charge in [-0.25, -0.2) is 4.98 Å². The van der Waals surface area contributed by atoms with E-state index < -0.39 is 5.60 Å². The summed E-state index contributed by atoms with van der Waals surface area (Å²) in [6.07, 6.45) is 1.88. The van der Waals surface area contributed by atoms with Crippen LogP contribution in [-0.4, -0.2) is 42.6 Å². The van der Waals surface area contributed by atoms with Crippen LogP contribution in [0.5, 0.6) is 5.75 Å². The van der Waals surface area contributed by atoms with E-state index in [1.165, 1.54) is 0 Å². The molecule has 1 aliphatic heterocycles. The molecule has 1 atom stereocenters. The Morgan fingerprint density at radius 2 is 2.25 bits per heavy atom. The average Bonchev–Trinajstić information content (AvgIpc) is 2.86. The number of rotatable bonds is 4. The fourth-order valence-corrected chi connectivity index (χ4v) is 2.81. The summed E-state index contributed by atoms with van der Waals surface area (Å²) in [6.45, 7) is 1.12. The molecule has 0 amide bonds. The Labute approximate surface area is 122 Å². The molecule has 5 nitrogen and oxygen atoms in total. The maximum absolute atomic E-state index is 9.30. The molecule has 1 N–H and O–H groups in total. The van der Waals surface area contributed by atoms with Gasteiger partial charge < -0.3 is 19.3 Å². The highest BCUT2D eigenvalue weighted by Crippen LogP contribution is 2.36. The van der Waals surface area contributed by atoms with Crippen molar-refractivity contribution in [1.82, 2.24) is 4.98 Å². The second-order valence-electron chi connectivity index (χ2n) is 5.38. The molecule has 110 valence electrons. The summed E-state index contributed by atoms with van der Waals surface area (Å²) in [6, 6.07) is 3.55. The first kappa shape index (κ1) is 14.1. The van der Waals surface area contributed by atoms with E-state index >= 15 is 0 Å². The summed E-state index contributed by atoms with van der Waals surface area (Å²) in [5, 5.41) is 9.68. The molecule has 1 aliphatic carbocycles. The van der Waals surface area contributed by atoms with E-state index in [9.17, 15) is 5.11 Å². The molecule has 1 aromatic rings. The van der Waals surface area contributed by atoms with Crippen LogP contribution < -0.4 is 4.74 Å². The highest BCUT2D eigenvalue weighted by atomic mass is 35.5. The van der Waals surface area contributed by atoms with E-state index in [2.05, 4.69) is 4.98 Å². The first-order valence-corrected chi connectivity index (χ1v) is 7.15. The van der Waals surface area contributed by atoms with Crippen molar-refractivity contribution < 1.29 is 19.3 Å². The van der Waals surface area contributed by atoms with Crippen molar-refractivity contribution in [3.8, 4) is 5.75 Å². The molecule has 2 heterocycles. The van der Waals surface area contributed by atoms with Crippen molar-refractivity contribution in [2.75, 3.05) is 20.3 Å². The van der Waals surface area contributed by atoms with Gasteiger partial charge in [0.1, 0.15) is 22.6 Å². The maximum Gasteiger partial charge on any atom is 0.135 e. The third kappa shape index (κ3) is 2.63. The first-order chi connectivity index (χ1) is 9.61. The molecule has 0 aromatic carbocycles. The molecule has 2 fully saturated rings. The summed E-state index contributed by atoms with van der Waals surface area (Å²) in [7, 11) is 1.65. The quantitative estimate of drug-likeness (QED) is 0.861. The monoisotopic (exact) mass is 299 g/mol. The minimum atomic E-state index is -0.540. The van der Waals surface area contributed by atoms with Crippen molar-refractivity contribution in [2.24, 2.45) is 0 Å². The molecule has 6 heteroatoms. The molecule has 20 heavy (non-hydrogen) atoms. The molecule has 0 unspecified atom stereocenters. The van der Waals surface area contributed by atoms with Crippen LogP contribution in [0, 0.1) is 0 Å². The minimum absolute atomic E-state index is 0.0506. The zero-order valence-corrected chi connectivity index (χ0v) is 12.1. The van der Waals surface area contributed by atoms with Gasteiger partial charge in [0.25, 0.3) is 0 Å². The highest BCUT2D eigenvalue weighted by Gasteiger charge is 2.39. The Morgan fingerprint density at radius 1 is 1.45 bits per heavy atom. The summed E-state index contributed by atoms with van der Waals surface area (Å²) in [4.78, 5) is 4.36. The first-order valence-electron chi connectivity index (χ1n) is 6.77. The second kappa shape index (κ2) is 5.48. The van der Waals surface area contributed by atoms with Crippen molar-refractivity contribution in [1.29, 1.82) is 0 Å². The Morgan fingerprint density at radius 3 is 2.85 bits per heavy atom. The van der Waals surface area contributed by atoms with E-state index in [1.54, 1.807) is 13.2 Å². The molecule has 3 rings (SSSR count). The molecular weight excluding hydrogens is 282 g/mol. The SMILES string of the molecule is CO[C@]1(c2cc(OC3CC(O)C3)cc(Cl)n2)CCOC1. The lowest BCUT2D eigenvalue weighted by molar-refractivity contribution is -0.0261. The fourth-order valence-electron chi connectivity index (χ4n) is 2.62. The largest absolute Gasteiger partial charge is 0.490 e. The number of hydrogen-bond acceptors (Lipinski definition) is 5. The molecule has 0 radical (unpaired) electrons. The summed E-state index contributed by atoms with van der Waals surface area (Å²) >= 11 is 6.08. The predicted octanol–water partition coefficient (Wildman–Crippen LogP) is 1.90.